The number of aliphatic hydroxyl groups excluding tert-OH is 1. The largest absolute Gasteiger partial charge is 0.396 e. The second-order valence-corrected chi connectivity index (χ2v) is 3.53. The molecule has 0 aliphatic rings. The van der Waals surface area contributed by atoms with E-state index in [1.165, 1.54) is 0 Å². The molecule has 2 unspecified atom stereocenters. The molecule has 0 fully saturated rings. The summed E-state index contributed by atoms with van der Waals surface area (Å²) >= 11 is 0. The molecule has 2 atom stereocenters. The monoisotopic (exact) mass is 174 g/mol. The van der Waals surface area contributed by atoms with Crippen molar-refractivity contribution in [2.24, 2.45) is 11.5 Å². The molecular weight excluding hydrogens is 152 g/mol. The van der Waals surface area contributed by atoms with Crippen LogP contribution in [0.25, 0.3) is 0 Å². The normalized spacial score (nSPS) is 16.0. The van der Waals surface area contributed by atoms with E-state index in [-0.39, 0.29) is 12.6 Å². The third-order valence-corrected chi connectivity index (χ3v) is 1.98. The van der Waals surface area contributed by atoms with Gasteiger partial charge in [0.1, 0.15) is 0 Å². The van der Waals surface area contributed by atoms with Crippen LogP contribution in [0.5, 0.6) is 0 Å². The molecule has 12 heavy (non-hydrogen) atoms. The molecule has 0 spiro atoms. The molecule has 0 bridgehead atoms. The summed E-state index contributed by atoms with van der Waals surface area (Å²) in [6.45, 7) is 2.22. The first-order chi connectivity index (χ1) is 5.66. The summed E-state index contributed by atoms with van der Waals surface area (Å²) in [5.41, 5.74) is 11.3. The number of hydrogen-bond donors (Lipinski definition) is 3. The van der Waals surface area contributed by atoms with Gasteiger partial charge in [0, 0.05) is 18.7 Å². The van der Waals surface area contributed by atoms with Crippen LogP contribution in [-0.4, -0.2) is 23.8 Å². The van der Waals surface area contributed by atoms with Gasteiger partial charge < -0.3 is 16.6 Å². The van der Waals surface area contributed by atoms with E-state index in [4.69, 9.17) is 16.6 Å². The molecule has 0 saturated carbocycles. The van der Waals surface area contributed by atoms with E-state index in [0.717, 1.165) is 32.1 Å². The van der Waals surface area contributed by atoms with Crippen LogP contribution < -0.4 is 11.5 Å². The summed E-state index contributed by atoms with van der Waals surface area (Å²) < 4.78 is 0. The van der Waals surface area contributed by atoms with Crippen molar-refractivity contribution in [1.29, 1.82) is 0 Å². The average Bonchev–Trinajstić information content (AvgIpc) is 1.98. The van der Waals surface area contributed by atoms with Crippen LogP contribution in [0.3, 0.4) is 0 Å². The molecule has 0 aromatic rings. The van der Waals surface area contributed by atoms with Gasteiger partial charge in [-0.2, -0.15) is 0 Å². The van der Waals surface area contributed by atoms with Gasteiger partial charge in [-0.1, -0.05) is 12.8 Å². The molecule has 0 rings (SSSR count). The van der Waals surface area contributed by atoms with Crippen LogP contribution >= 0.6 is 0 Å². The fourth-order valence-corrected chi connectivity index (χ4v) is 1.18. The topological polar surface area (TPSA) is 72.3 Å². The second-order valence-electron chi connectivity index (χ2n) is 3.53. The number of hydrogen-bond acceptors (Lipinski definition) is 3. The Balaban J connectivity index is 3.08. The first kappa shape index (κ1) is 11.9. The van der Waals surface area contributed by atoms with E-state index in [1.807, 2.05) is 6.92 Å². The lowest BCUT2D eigenvalue weighted by atomic mass is 10.0. The van der Waals surface area contributed by atoms with Crippen molar-refractivity contribution in [2.45, 2.75) is 51.1 Å². The van der Waals surface area contributed by atoms with E-state index < -0.39 is 0 Å². The highest BCUT2D eigenvalue weighted by Crippen LogP contribution is 2.05. The summed E-state index contributed by atoms with van der Waals surface area (Å²) in [5.74, 6) is 0. The highest BCUT2D eigenvalue weighted by atomic mass is 16.3. The third kappa shape index (κ3) is 7.98. The van der Waals surface area contributed by atoms with E-state index >= 15 is 0 Å². The fourth-order valence-electron chi connectivity index (χ4n) is 1.18. The lowest BCUT2D eigenvalue weighted by Crippen LogP contribution is -2.21. The van der Waals surface area contributed by atoms with Gasteiger partial charge in [-0.3, -0.25) is 0 Å². The van der Waals surface area contributed by atoms with Gasteiger partial charge in [0.15, 0.2) is 0 Å². The summed E-state index contributed by atoms with van der Waals surface area (Å²) in [6.07, 6.45) is 5.08. The van der Waals surface area contributed by atoms with Gasteiger partial charge >= 0.3 is 0 Å². The van der Waals surface area contributed by atoms with E-state index in [9.17, 15) is 0 Å². The highest BCUT2D eigenvalue weighted by Gasteiger charge is 2.01. The van der Waals surface area contributed by atoms with Crippen molar-refractivity contribution < 1.29 is 5.11 Å². The van der Waals surface area contributed by atoms with Gasteiger partial charge in [0.05, 0.1) is 0 Å². The molecule has 0 aliphatic carbocycles. The minimum Gasteiger partial charge on any atom is -0.396 e. The second kappa shape index (κ2) is 7.53. The van der Waals surface area contributed by atoms with Gasteiger partial charge in [0.2, 0.25) is 0 Å². The standard InChI is InChI=1S/C9H22N2O/c1-8(10)4-2-3-5-9(11)6-7-12/h8-9,12H,2-7,10-11H2,1H3. The highest BCUT2D eigenvalue weighted by molar-refractivity contribution is 4.61. The molecule has 0 aromatic carbocycles. The van der Waals surface area contributed by atoms with Crippen molar-refractivity contribution in [2.75, 3.05) is 6.61 Å². The maximum atomic E-state index is 8.58. The van der Waals surface area contributed by atoms with Gasteiger partial charge in [0.25, 0.3) is 0 Å². The molecule has 3 heteroatoms. The molecule has 3 nitrogen and oxygen atoms in total. The van der Waals surface area contributed by atoms with Crippen molar-refractivity contribution >= 4 is 0 Å². The molecule has 0 amide bonds. The molecule has 0 aliphatic heterocycles. The Morgan fingerprint density at radius 3 is 2.17 bits per heavy atom. The average molecular weight is 174 g/mol. The van der Waals surface area contributed by atoms with E-state index in [1.54, 1.807) is 0 Å². The quantitative estimate of drug-likeness (QED) is 0.495. The minimum atomic E-state index is 0.170. The van der Waals surface area contributed by atoms with Crippen LogP contribution in [0.4, 0.5) is 0 Å². The van der Waals surface area contributed by atoms with Crippen molar-refractivity contribution in [3.63, 3.8) is 0 Å². The molecule has 5 N–H and O–H groups in total. The number of nitrogens with two attached hydrogens (primary N) is 2. The van der Waals surface area contributed by atoms with Crippen LogP contribution in [0, 0.1) is 0 Å². The maximum Gasteiger partial charge on any atom is 0.0445 e. The number of rotatable bonds is 7. The SMILES string of the molecule is CC(N)CCCCC(N)CCO. The first-order valence-corrected chi connectivity index (χ1v) is 4.78. The van der Waals surface area contributed by atoms with E-state index in [2.05, 4.69) is 0 Å². The van der Waals surface area contributed by atoms with E-state index in [0.29, 0.717) is 6.04 Å². The predicted octanol–water partition coefficient (Wildman–Crippen LogP) is 0.604. The maximum absolute atomic E-state index is 8.58. The Bertz CT molecular complexity index is 96.5. The smallest absolute Gasteiger partial charge is 0.0445 e. The van der Waals surface area contributed by atoms with Crippen LogP contribution in [0.15, 0.2) is 0 Å². The van der Waals surface area contributed by atoms with Crippen molar-refractivity contribution in [3.05, 3.63) is 0 Å². The van der Waals surface area contributed by atoms with Crippen molar-refractivity contribution in [1.82, 2.24) is 0 Å². The Morgan fingerprint density at radius 1 is 1.08 bits per heavy atom. The lowest BCUT2D eigenvalue weighted by molar-refractivity contribution is 0.271. The summed E-state index contributed by atoms with van der Waals surface area (Å²) in [6, 6.07) is 0.474. The first-order valence-electron chi connectivity index (χ1n) is 4.78. The van der Waals surface area contributed by atoms with Crippen LogP contribution in [-0.2, 0) is 0 Å². The van der Waals surface area contributed by atoms with Gasteiger partial charge in [-0.05, 0) is 26.2 Å². The zero-order valence-electron chi connectivity index (χ0n) is 8.00. The minimum absolute atomic E-state index is 0.170. The lowest BCUT2D eigenvalue weighted by Gasteiger charge is -2.09. The zero-order valence-corrected chi connectivity index (χ0v) is 8.00. The number of aliphatic hydroxyl groups is 1. The fraction of sp³-hybridized carbons (Fsp3) is 1.00. The van der Waals surface area contributed by atoms with Crippen molar-refractivity contribution in [3.8, 4) is 0 Å². The predicted molar refractivity (Wildman–Crippen MR) is 51.8 cm³/mol. The Hall–Kier alpha value is -0.120. The van der Waals surface area contributed by atoms with Crippen LogP contribution in [0.1, 0.15) is 39.0 Å². The molecule has 0 radical (unpaired) electrons. The molecular formula is C9H22N2O. The summed E-state index contributed by atoms with van der Waals surface area (Å²) in [5, 5.41) is 8.58. The summed E-state index contributed by atoms with van der Waals surface area (Å²) in [7, 11) is 0. The molecule has 0 aromatic heterocycles. The summed E-state index contributed by atoms with van der Waals surface area (Å²) in [4.78, 5) is 0. The molecule has 0 heterocycles. The number of unbranched alkanes of at least 4 members (excludes halogenated alkanes) is 1. The van der Waals surface area contributed by atoms with Crippen LogP contribution in [0.2, 0.25) is 0 Å². The van der Waals surface area contributed by atoms with Gasteiger partial charge in [-0.25, -0.2) is 0 Å². The molecule has 0 saturated heterocycles. The van der Waals surface area contributed by atoms with Gasteiger partial charge in [-0.15, -0.1) is 0 Å². The zero-order chi connectivity index (χ0) is 9.40. The Kier molecular flexibility index (Phi) is 7.45. The molecule has 74 valence electrons. The third-order valence-electron chi connectivity index (χ3n) is 1.98. The Labute approximate surface area is 75.1 Å². The Morgan fingerprint density at radius 2 is 1.67 bits per heavy atom.